The SMILES string of the molecule is COc1ccc(NC(=O)Nc2cc(N(C)C)c3c(c2O)C(O)=C2C(=O)[C@@]4(O)C(O)=C(C(N)=O)C(=O)[C@H](N(C)C)[C@H]4C[C@@H]2C3)cc1. The van der Waals surface area contributed by atoms with Crippen LogP contribution in [0.4, 0.5) is 21.9 Å². The molecule has 0 bridgehead atoms. The molecule has 0 aromatic heterocycles. The lowest BCUT2D eigenvalue weighted by Crippen LogP contribution is -2.65. The van der Waals surface area contributed by atoms with E-state index in [4.69, 9.17) is 10.5 Å². The number of nitrogens with zero attached hydrogens (tertiary/aromatic N) is 2. The number of hydrogen-bond donors (Lipinski definition) is 7. The minimum Gasteiger partial charge on any atom is -0.508 e. The molecule has 0 unspecified atom stereocenters. The number of aromatic hydroxyl groups is 1. The highest BCUT2D eigenvalue weighted by molar-refractivity contribution is 6.24. The molecule has 0 spiro atoms. The van der Waals surface area contributed by atoms with Gasteiger partial charge in [0.1, 0.15) is 22.8 Å². The molecule has 4 atom stereocenters. The average Bonchev–Trinajstić information content (AvgIpc) is 2.96. The van der Waals surface area contributed by atoms with Crippen LogP contribution in [-0.2, 0) is 20.8 Å². The van der Waals surface area contributed by atoms with Gasteiger partial charge in [0, 0.05) is 37.0 Å². The number of benzene rings is 2. The molecular weight excluding hydrogens is 586 g/mol. The molecule has 14 nitrogen and oxygen atoms in total. The molecule has 1 saturated carbocycles. The molecule has 14 heteroatoms. The van der Waals surface area contributed by atoms with E-state index < -0.39 is 69.8 Å². The minimum atomic E-state index is -2.75. The first-order valence-corrected chi connectivity index (χ1v) is 14.1. The normalized spacial score (nSPS) is 24.1. The third-order valence-corrected chi connectivity index (χ3v) is 8.78. The predicted molar refractivity (Wildman–Crippen MR) is 164 cm³/mol. The Morgan fingerprint density at radius 1 is 1.04 bits per heavy atom. The fourth-order valence-corrected chi connectivity index (χ4v) is 6.75. The van der Waals surface area contributed by atoms with Gasteiger partial charge in [-0.15, -0.1) is 0 Å². The van der Waals surface area contributed by atoms with E-state index >= 15 is 0 Å². The van der Waals surface area contributed by atoms with Gasteiger partial charge < -0.3 is 46.4 Å². The van der Waals surface area contributed by atoms with Gasteiger partial charge in [0.2, 0.25) is 5.78 Å². The van der Waals surface area contributed by atoms with Gasteiger partial charge in [-0.05, 0) is 68.8 Å². The topological polar surface area (TPSA) is 215 Å². The van der Waals surface area contributed by atoms with Crippen molar-refractivity contribution in [3.63, 3.8) is 0 Å². The number of nitrogens with two attached hydrogens (primary N) is 1. The lowest BCUT2D eigenvalue weighted by molar-refractivity contribution is -0.153. The van der Waals surface area contributed by atoms with Gasteiger partial charge in [-0.2, -0.15) is 0 Å². The Morgan fingerprint density at radius 3 is 2.24 bits per heavy atom. The van der Waals surface area contributed by atoms with E-state index in [2.05, 4.69) is 10.6 Å². The van der Waals surface area contributed by atoms with Gasteiger partial charge in [-0.3, -0.25) is 19.3 Å². The summed E-state index contributed by atoms with van der Waals surface area (Å²) >= 11 is 0. The highest BCUT2D eigenvalue weighted by Crippen LogP contribution is 2.54. The number of carbonyl (C=O) groups excluding carboxylic acids is 4. The van der Waals surface area contributed by atoms with E-state index in [0.29, 0.717) is 22.7 Å². The van der Waals surface area contributed by atoms with Gasteiger partial charge in [0.15, 0.2) is 17.1 Å². The number of Topliss-reactive ketones (excluding diaryl/α,β-unsaturated/α-hetero) is 2. The van der Waals surface area contributed by atoms with Gasteiger partial charge in [0.05, 0.1) is 24.4 Å². The summed E-state index contributed by atoms with van der Waals surface area (Å²) in [6.07, 6.45) is 0.0671. The summed E-state index contributed by atoms with van der Waals surface area (Å²) in [6, 6.07) is 6.18. The molecular formula is C31H35N5O9. The van der Waals surface area contributed by atoms with Crippen LogP contribution in [0.25, 0.3) is 5.76 Å². The maximum absolute atomic E-state index is 14.1. The van der Waals surface area contributed by atoms with Crippen molar-refractivity contribution in [3.05, 3.63) is 58.4 Å². The third-order valence-electron chi connectivity index (χ3n) is 8.78. The molecule has 2 aromatic rings. The molecule has 0 saturated heterocycles. The minimum absolute atomic E-state index is 0.0380. The number of urea groups is 1. The van der Waals surface area contributed by atoms with Crippen molar-refractivity contribution < 1.29 is 44.3 Å². The second kappa shape index (κ2) is 11.1. The summed E-state index contributed by atoms with van der Waals surface area (Å²) < 4.78 is 5.12. The van der Waals surface area contributed by atoms with Gasteiger partial charge >= 0.3 is 6.03 Å². The predicted octanol–water partition coefficient (Wildman–Crippen LogP) is 1.68. The molecule has 0 aliphatic heterocycles. The Hall–Kier alpha value is -5.08. The van der Waals surface area contributed by atoms with Crippen LogP contribution in [0.5, 0.6) is 11.5 Å². The van der Waals surface area contributed by atoms with E-state index in [1.165, 1.54) is 32.2 Å². The summed E-state index contributed by atoms with van der Waals surface area (Å²) in [6.45, 7) is 0. The molecule has 5 rings (SSSR count). The Kier molecular flexibility index (Phi) is 7.75. The first-order chi connectivity index (χ1) is 21.1. The van der Waals surface area contributed by atoms with E-state index in [1.807, 2.05) is 0 Å². The number of aliphatic hydroxyl groups is 3. The fourth-order valence-electron chi connectivity index (χ4n) is 6.75. The number of phenolic OH excluding ortho intramolecular Hbond substituents is 1. The van der Waals surface area contributed by atoms with Crippen molar-refractivity contribution >= 4 is 46.3 Å². The molecule has 8 N–H and O–H groups in total. The molecule has 1 fully saturated rings. The number of anilines is 3. The van der Waals surface area contributed by atoms with Crippen LogP contribution < -0.4 is 26.0 Å². The van der Waals surface area contributed by atoms with Crippen molar-refractivity contribution in [2.24, 2.45) is 17.6 Å². The Bertz CT molecular complexity index is 1700. The molecule has 0 heterocycles. The lowest BCUT2D eigenvalue weighted by atomic mass is 9.57. The Balaban J connectivity index is 1.61. The summed E-state index contributed by atoms with van der Waals surface area (Å²) in [5, 5.41) is 51.0. The summed E-state index contributed by atoms with van der Waals surface area (Å²) in [4.78, 5) is 55.6. The maximum atomic E-state index is 14.1. The van der Waals surface area contributed by atoms with Crippen molar-refractivity contribution in [1.82, 2.24) is 4.90 Å². The average molecular weight is 622 g/mol. The molecule has 0 radical (unpaired) electrons. The molecule has 238 valence electrons. The zero-order chi connectivity index (χ0) is 33.1. The van der Waals surface area contributed by atoms with Crippen LogP contribution in [0.3, 0.4) is 0 Å². The Labute approximate surface area is 258 Å². The fraction of sp³-hybridized carbons (Fsp3) is 0.355. The molecule has 3 amide bonds. The van der Waals surface area contributed by atoms with Crippen LogP contribution in [0.2, 0.25) is 0 Å². The van der Waals surface area contributed by atoms with Gasteiger partial charge in [0.25, 0.3) is 5.91 Å². The summed E-state index contributed by atoms with van der Waals surface area (Å²) in [5.74, 6) is -6.94. The number of ketones is 2. The second-order valence-electron chi connectivity index (χ2n) is 11.8. The number of hydrogen-bond acceptors (Lipinski definition) is 11. The van der Waals surface area contributed by atoms with E-state index in [0.717, 1.165) is 0 Å². The third kappa shape index (κ3) is 4.82. The number of aliphatic hydroxyl groups excluding tert-OH is 2. The van der Waals surface area contributed by atoms with E-state index in [9.17, 15) is 39.6 Å². The van der Waals surface area contributed by atoms with Crippen LogP contribution >= 0.6 is 0 Å². The number of nitrogens with one attached hydrogen (secondary N) is 2. The lowest BCUT2D eigenvalue weighted by Gasteiger charge is -2.50. The number of carbonyl (C=O) groups is 4. The number of fused-ring (bicyclic) bond motifs is 3. The van der Waals surface area contributed by atoms with Crippen LogP contribution in [-0.4, -0.2) is 95.8 Å². The molecule has 2 aromatic carbocycles. The molecule has 3 aliphatic rings. The summed E-state index contributed by atoms with van der Waals surface area (Å²) in [7, 11) is 8.04. The first kappa shape index (κ1) is 31.3. The smallest absolute Gasteiger partial charge is 0.323 e. The monoisotopic (exact) mass is 621 g/mol. The zero-order valence-electron chi connectivity index (χ0n) is 25.3. The number of likely N-dealkylation sites (N-methyl/N-ethyl adjacent to an activating group) is 1. The highest BCUT2D eigenvalue weighted by Gasteiger charge is 2.64. The number of ether oxygens (including phenoxy) is 1. The molecule has 45 heavy (non-hydrogen) atoms. The van der Waals surface area contributed by atoms with Crippen molar-refractivity contribution in [2.45, 2.75) is 24.5 Å². The number of rotatable bonds is 6. The van der Waals surface area contributed by atoms with E-state index in [1.54, 1.807) is 43.3 Å². The highest BCUT2D eigenvalue weighted by atomic mass is 16.5. The number of methoxy groups -OCH3 is 1. The van der Waals surface area contributed by atoms with Crippen LogP contribution in [0.15, 0.2) is 47.2 Å². The second-order valence-corrected chi connectivity index (χ2v) is 11.8. The van der Waals surface area contributed by atoms with Crippen molar-refractivity contribution in [3.8, 4) is 11.5 Å². The summed E-state index contributed by atoms with van der Waals surface area (Å²) in [5.41, 5.74) is 2.65. The van der Waals surface area contributed by atoms with Gasteiger partial charge in [-0.1, -0.05) is 0 Å². The first-order valence-electron chi connectivity index (χ1n) is 14.1. The van der Waals surface area contributed by atoms with E-state index in [-0.39, 0.29) is 29.7 Å². The standard InChI is InChI=1S/C31H35N5O9/c1-35(2)19-12-18(34-30(43)33-14-6-8-15(45-5)9-7-14)24(37)21-16(19)10-13-11-17-23(36(3)4)26(39)22(29(32)42)28(41)31(17,44)27(40)20(13)25(21)38/h6-9,12-13,17,23,37-38,41,44H,10-11H2,1-5H3,(H2,32,42)(H2,33,34,43)/t13-,17+,23+,31+/m0/s1. The number of phenols is 1. The van der Waals surface area contributed by atoms with Crippen molar-refractivity contribution in [1.29, 1.82) is 0 Å². The van der Waals surface area contributed by atoms with Crippen molar-refractivity contribution in [2.75, 3.05) is 50.8 Å². The largest absolute Gasteiger partial charge is 0.508 e. The maximum Gasteiger partial charge on any atom is 0.323 e. The van der Waals surface area contributed by atoms with Crippen LogP contribution in [0.1, 0.15) is 17.5 Å². The van der Waals surface area contributed by atoms with Gasteiger partial charge in [-0.25, -0.2) is 4.79 Å². The molecule has 3 aliphatic carbocycles. The number of primary amides is 1. The zero-order valence-corrected chi connectivity index (χ0v) is 25.3. The number of amides is 3. The Morgan fingerprint density at radius 2 is 1.69 bits per heavy atom. The van der Waals surface area contributed by atoms with Crippen LogP contribution in [0, 0.1) is 11.8 Å². The quantitative estimate of drug-likeness (QED) is 0.182.